The molecule has 1 aromatic carbocycles. The molecule has 0 unspecified atom stereocenters. The van der Waals surface area contributed by atoms with Gasteiger partial charge in [-0.2, -0.15) is 0 Å². The highest BCUT2D eigenvalue weighted by molar-refractivity contribution is 8.00. The second-order valence-electron chi connectivity index (χ2n) is 6.47. The van der Waals surface area contributed by atoms with Crippen LogP contribution in [0, 0.1) is 0 Å². The third-order valence-corrected chi connectivity index (χ3v) is 6.75. The van der Waals surface area contributed by atoms with Crippen LogP contribution >= 0.6 is 23.5 Å². The van der Waals surface area contributed by atoms with Crippen molar-refractivity contribution in [2.75, 3.05) is 24.6 Å². The van der Waals surface area contributed by atoms with Gasteiger partial charge in [-0.15, -0.1) is 11.8 Å². The van der Waals surface area contributed by atoms with Gasteiger partial charge in [-0.05, 0) is 31.4 Å². The summed E-state index contributed by atoms with van der Waals surface area (Å²) in [6.07, 6.45) is 4.19. The van der Waals surface area contributed by atoms with Crippen molar-refractivity contribution in [1.29, 1.82) is 0 Å². The van der Waals surface area contributed by atoms with Gasteiger partial charge in [0.15, 0.2) is 5.16 Å². The first-order valence-corrected chi connectivity index (χ1v) is 11.0. The molecule has 0 aliphatic carbocycles. The fourth-order valence-electron chi connectivity index (χ4n) is 3.35. The molecule has 1 fully saturated rings. The number of fused-ring (bicyclic) bond motifs is 1. The Labute approximate surface area is 161 Å². The lowest BCUT2D eigenvalue weighted by molar-refractivity contribution is -0.129. The Hall–Kier alpha value is -1.73. The second-order valence-corrected chi connectivity index (χ2v) is 8.52. The smallest absolute Gasteiger partial charge is 0.272 e. The number of carbonyl (C=O) groups excluding carboxylic acids is 1. The van der Waals surface area contributed by atoms with Gasteiger partial charge < -0.3 is 4.90 Å². The average molecular weight is 388 g/mol. The molecule has 2 aliphatic heterocycles. The Morgan fingerprint density at radius 1 is 1.15 bits per heavy atom. The molecule has 4 rings (SSSR count). The Balaban J connectivity index is 1.63. The molecular weight excluding hydrogens is 366 g/mol. The number of nitrogens with zero attached hydrogens (tertiary/aromatic N) is 3. The van der Waals surface area contributed by atoms with Gasteiger partial charge in [-0.3, -0.25) is 14.2 Å². The molecule has 26 heavy (non-hydrogen) atoms. The third kappa shape index (κ3) is 3.55. The van der Waals surface area contributed by atoms with Gasteiger partial charge in [0.2, 0.25) is 5.91 Å². The van der Waals surface area contributed by atoms with E-state index in [-0.39, 0.29) is 11.5 Å². The first kappa shape index (κ1) is 17.7. The third-order valence-electron chi connectivity index (χ3n) is 4.71. The van der Waals surface area contributed by atoms with Crippen molar-refractivity contribution < 1.29 is 4.79 Å². The summed E-state index contributed by atoms with van der Waals surface area (Å²) in [5, 5.41) is 0.618. The lowest BCUT2D eigenvalue weighted by Crippen LogP contribution is -2.37. The number of likely N-dealkylation sites (tertiary alicyclic amines) is 1. The Bertz CT molecular complexity index is 861. The van der Waals surface area contributed by atoms with Crippen LogP contribution in [0.2, 0.25) is 0 Å². The number of thioether (sulfide) groups is 2. The lowest BCUT2D eigenvalue weighted by Gasteiger charge is -2.26. The van der Waals surface area contributed by atoms with E-state index in [0.717, 1.165) is 54.4 Å². The normalized spacial score (nSPS) is 16.5. The highest BCUT2D eigenvalue weighted by Gasteiger charge is 2.24. The fourth-order valence-corrected chi connectivity index (χ4v) is 5.31. The van der Waals surface area contributed by atoms with Crippen molar-refractivity contribution in [1.82, 2.24) is 14.5 Å². The van der Waals surface area contributed by atoms with Crippen LogP contribution in [0.3, 0.4) is 0 Å². The van der Waals surface area contributed by atoms with Gasteiger partial charge in [0.05, 0.1) is 22.0 Å². The number of aromatic nitrogens is 2. The van der Waals surface area contributed by atoms with Gasteiger partial charge in [-0.1, -0.05) is 30.0 Å². The van der Waals surface area contributed by atoms with E-state index < -0.39 is 0 Å². The van der Waals surface area contributed by atoms with E-state index in [4.69, 9.17) is 4.98 Å². The number of rotatable bonds is 4. The molecular formula is C19H21N3O2S2. The molecule has 2 aromatic rings. The van der Waals surface area contributed by atoms with Crippen molar-refractivity contribution >= 4 is 29.4 Å². The van der Waals surface area contributed by atoms with E-state index in [1.165, 1.54) is 18.2 Å². The van der Waals surface area contributed by atoms with Crippen molar-refractivity contribution in [2.24, 2.45) is 0 Å². The van der Waals surface area contributed by atoms with Crippen LogP contribution in [0.5, 0.6) is 0 Å². The minimum Gasteiger partial charge on any atom is -0.342 e. The number of piperidine rings is 1. The quantitative estimate of drug-likeness (QED) is 0.596. The predicted molar refractivity (Wildman–Crippen MR) is 105 cm³/mol. The summed E-state index contributed by atoms with van der Waals surface area (Å²) in [7, 11) is 0. The molecule has 1 saturated heterocycles. The lowest BCUT2D eigenvalue weighted by atomic mass is 10.1. The molecule has 0 saturated carbocycles. The van der Waals surface area contributed by atoms with E-state index in [1.54, 1.807) is 16.3 Å². The highest BCUT2D eigenvalue weighted by atomic mass is 32.2. The van der Waals surface area contributed by atoms with Crippen LogP contribution in [-0.4, -0.2) is 45.0 Å². The van der Waals surface area contributed by atoms with Crippen molar-refractivity contribution in [3.05, 3.63) is 46.4 Å². The molecule has 1 amide bonds. The SMILES string of the molecule is O=C(CSc1nc2c(c(=O)n1-c1ccccc1)SCC2)N1CCCCC1. The number of carbonyl (C=O) groups is 1. The number of amides is 1. The molecule has 136 valence electrons. The molecule has 0 radical (unpaired) electrons. The highest BCUT2D eigenvalue weighted by Crippen LogP contribution is 2.30. The predicted octanol–water partition coefficient (Wildman–Crippen LogP) is 2.99. The molecule has 5 nitrogen and oxygen atoms in total. The van der Waals surface area contributed by atoms with Crippen LogP contribution in [0.1, 0.15) is 25.0 Å². The van der Waals surface area contributed by atoms with Gasteiger partial charge in [-0.25, -0.2) is 4.98 Å². The standard InChI is InChI=1S/C19H21N3O2S2/c23-16(21-10-5-2-6-11-21)13-26-19-20-15-9-12-25-17(15)18(24)22(19)14-7-3-1-4-8-14/h1,3-4,7-8H,2,5-6,9-13H2. The number of hydrogen-bond acceptors (Lipinski definition) is 5. The molecule has 2 aliphatic rings. The van der Waals surface area contributed by atoms with Crippen LogP contribution in [-0.2, 0) is 11.2 Å². The Kier molecular flexibility index (Phi) is 5.36. The average Bonchev–Trinajstić information content (AvgIpc) is 3.16. The summed E-state index contributed by atoms with van der Waals surface area (Å²) >= 11 is 2.95. The summed E-state index contributed by atoms with van der Waals surface area (Å²) in [6, 6.07) is 9.57. The van der Waals surface area contributed by atoms with Crippen LogP contribution in [0.15, 0.2) is 45.2 Å². The van der Waals surface area contributed by atoms with Crippen molar-refractivity contribution in [3.8, 4) is 5.69 Å². The van der Waals surface area contributed by atoms with E-state index in [9.17, 15) is 9.59 Å². The van der Waals surface area contributed by atoms with E-state index in [0.29, 0.717) is 10.9 Å². The number of aryl methyl sites for hydroxylation is 1. The van der Waals surface area contributed by atoms with E-state index >= 15 is 0 Å². The van der Waals surface area contributed by atoms with Gasteiger partial charge >= 0.3 is 0 Å². The summed E-state index contributed by atoms with van der Waals surface area (Å²) in [4.78, 5) is 33.0. The summed E-state index contributed by atoms with van der Waals surface area (Å²) < 4.78 is 1.66. The molecule has 7 heteroatoms. The molecule has 0 N–H and O–H groups in total. The first-order valence-electron chi connectivity index (χ1n) is 8.99. The molecule has 3 heterocycles. The van der Waals surface area contributed by atoms with Crippen molar-refractivity contribution in [3.63, 3.8) is 0 Å². The molecule has 0 bridgehead atoms. The number of hydrogen-bond donors (Lipinski definition) is 0. The van der Waals surface area contributed by atoms with E-state index in [2.05, 4.69) is 0 Å². The zero-order valence-electron chi connectivity index (χ0n) is 14.5. The topological polar surface area (TPSA) is 55.2 Å². The van der Waals surface area contributed by atoms with Crippen LogP contribution in [0.25, 0.3) is 5.69 Å². The van der Waals surface area contributed by atoms with Crippen molar-refractivity contribution in [2.45, 2.75) is 35.7 Å². The molecule has 0 atom stereocenters. The minimum absolute atomic E-state index is 0.0170. The monoisotopic (exact) mass is 387 g/mol. The zero-order chi connectivity index (χ0) is 17.9. The number of para-hydroxylation sites is 1. The summed E-state index contributed by atoms with van der Waals surface area (Å²) in [5.41, 5.74) is 1.66. The summed E-state index contributed by atoms with van der Waals surface area (Å²) in [5.74, 6) is 1.36. The Morgan fingerprint density at radius 2 is 1.92 bits per heavy atom. The van der Waals surface area contributed by atoms with Gasteiger partial charge in [0, 0.05) is 25.3 Å². The Morgan fingerprint density at radius 3 is 2.69 bits per heavy atom. The fraction of sp³-hybridized carbons (Fsp3) is 0.421. The molecule has 1 aromatic heterocycles. The maximum Gasteiger partial charge on any atom is 0.272 e. The second kappa shape index (κ2) is 7.88. The molecule has 0 spiro atoms. The zero-order valence-corrected chi connectivity index (χ0v) is 16.2. The first-order chi connectivity index (χ1) is 12.7. The largest absolute Gasteiger partial charge is 0.342 e. The maximum absolute atomic E-state index is 13.0. The van der Waals surface area contributed by atoms with Crippen LogP contribution < -0.4 is 5.56 Å². The maximum atomic E-state index is 13.0. The minimum atomic E-state index is -0.0170. The van der Waals surface area contributed by atoms with Crippen LogP contribution in [0.4, 0.5) is 0 Å². The van der Waals surface area contributed by atoms with Gasteiger partial charge in [0.1, 0.15) is 0 Å². The number of benzene rings is 1. The van der Waals surface area contributed by atoms with E-state index in [1.807, 2.05) is 35.2 Å². The summed E-state index contributed by atoms with van der Waals surface area (Å²) in [6.45, 7) is 1.69. The van der Waals surface area contributed by atoms with Gasteiger partial charge in [0.25, 0.3) is 5.56 Å².